The van der Waals surface area contributed by atoms with Crippen molar-refractivity contribution in [2.24, 2.45) is 4.99 Å². The first-order valence-electron chi connectivity index (χ1n) is 9.01. The van der Waals surface area contributed by atoms with Gasteiger partial charge in [-0.15, -0.1) is 0 Å². The smallest absolute Gasteiger partial charge is 0.203 e. The van der Waals surface area contributed by atoms with Crippen LogP contribution in [0.5, 0.6) is 17.2 Å². The Bertz CT molecular complexity index is 525. The third-order valence-corrected chi connectivity index (χ3v) is 3.81. The van der Waals surface area contributed by atoms with Gasteiger partial charge in [0.15, 0.2) is 17.5 Å². The van der Waals surface area contributed by atoms with E-state index in [2.05, 4.69) is 22.5 Å². The van der Waals surface area contributed by atoms with Crippen LogP contribution in [0.15, 0.2) is 17.1 Å². The van der Waals surface area contributed by atoms with Gasteiger partial charge in [0.1, 0.15) is 0 Å². The zero-order chi connectivity index (χ0) is 19.2. The van der Waals surface area contributed by atoms with Crippen LogP contribution in [0.4, 0.5) is 0 Å². The van der Waals surface area contributed by atoms with Crippen molar-refractivity contribution in [1.82, 2.24) is 10.6 Å². The van der Waals surface area contributed by atoms with E-state index in [0.29, 0.717) is 23.8 Å². The highest BCUT2D eigenvalue weighted by Crippen LogP contribution is 2.38. The van der Waals surface area contributed by atoms with E-state index in [1.807, 2.05) is 12.1 Å². The molecule has 0 aliphatic carbocycles. The normalized spacial score (nSPS) is 11.2. The second kappa shape index (κ2) is 13.1. The van der Waals surface area contributed by atoms with Crippen LogP contribution in [0, 0.1) is 0 Å². The average Bonchev–Trinajstić information content (AvgIpc) is 2.68. The van der Waals surface area contributed by atoms with E-state index < -0.39 is 0 Å². The number of benzene rings is 1. The van der Waals surface area contributed by atoms with E-state index in [1.165, 1.54) is 0 Å². The van der Waals surface area contributed by atoms with E-state index in [9.17, 15) is 0 Å². The van der Waals surface area contributed by atoms with Gasteiger partial charge >= 0.3 is 0 Å². The molecule has 0 aliphatic rings. The third kappa shape index (κ3) is 7.39. The van der Waals surface area contributed by atoms with Crippen LogP contribution in [-0.4, -0.2) is 54.1 Å². The summed E-state index contributed by atoms with van der Waals surface area (Å²) in [6, 6.07) is 3.84. The molecule has 0 atom stereocenters. The average molecular weight is 367 g/mol. The quantitative estimate of drug-likeness (QED) is 0.336. The Kier molecular flexibility index (Phi) is 11.0. The summed E-state index contributed by atoms with van der Waals surface area (Å²) in [4.78, 5) is 4.24. The highest BCUT2D eigenvalue weighted by atomic mass is 16.5. The molecule has 0 radical (unpaired) electrons. The summed E-state index contributed by atoms with van der Waals surface area (Å²) in [5.74, 6) is 2.60. The summed E-state index contributed by atoms with van der Waals surface area (Å²) in [6.45, 7) is 5.15. The molecule has 7 nitrogen and oxygen atoms in total. The van der Waals surface area contributed by atoms with Crippen molar-refractivity contribution in [1.29, 1.82) is 0 Å². The molecular formula is C19H33N3O4. The zero-order valence-electron chi connectivity index (χ0n) is 16.7. The maximum atomic E-state index is 5.55. The fourth-order valence-electron chi connectivity index (χ4n) is 2.37. The number of methoxy groups -OCH3 is 3. The van der Waals surface area contributed by atoms with Gasteiger partial charge in [-0.3, -0.25) is 4.99 Å². The van der Waals surface area contributed by atoms with Crippen LogP contribution in [0.3, 0.4) is 0 Å². The second-order valence-electron chi connectivity index (χ2n) is 5.71. The van der Waals surface area contributed by atoms with Crippen molar-refractivity contribution in [3.05, 3.63) is 17.7 Å². The Morgan fingerprint density at radius 1 is 0.962 bits per heavy atom. The lowest BCUT2D eigenvalue weighted by Gasteiger charge is -2.16. The fraction of sp³-hybridized carbons (Fsp3) is 0.632. The predicted molar refractivity (Wildman–Crippen MR) is 105 cm³/mol. The van der Waals surface area contributed by atoms with Crippen molar-refractivity contribution in [2.75, 3.05) is 48.1 Å². The first-order valence-corrected chi connectivity index (χ1v) is 9.01. The summed E-state index contributed by atoms with van der Waals surface area (Å²) in [5.41, 5.74) is 1.00. The Morgan fingerprint density at radius 2 is 1.62 bits per heavy atom. The molecule has 0 unspecified atom stereocenters. The van der Waals surface area contributed by atoms with Crippen molar-refractivity contribution in [2.45, 2.75) is 32.7 Å². The SMILES string of the molecule is CCCCOCCCNC(=NC)NCc1cc(OC)c(OC)c(OC)c1. The summed E-state index contributed by atoms with van der Waals surface area (Å²) < 4.78 is 21.7. The highest BCUT2D eigenvalue weighted by molar-refractivity contribution is 5.79. The van der Waals surface area contributed by atoms with Crippen LogP contribution in [0.25, 0.3) is 0 Å². The van der Waals surface area contributed by atoms with Gasteiger partial charge in [-0.25, -0.2) is 0 Å². The van der Waals surface area contributed by atoms with E-state index in [1.54, 1.807) is 28.4 Å². The van der Waals surface area contributed by atoms with Crippen molar-refractivity contribution in [3.63, 3.8) is 0 Å². The molecule has 0 bridgehead atoms. The molecule has 0 spiro atoms. The molecule has 0 saturated heterocycles. The highest BCUT2D eigenvalue weighted by Gasteiger charge is 2.13. The first kappa shape index (κ1) is 21.9. The lowest BCUT2D eigenvalue weighted by molar-refractivity contribution is 0.129. The maximum Gasteiger partial charge on any atom is 0.203 e. The summed E-state index contributed by atoms with van der Waals surface area (Å²) >= 11 is 0. The minimum atomic E-state index is 0.587. The molecule has 2 N–H and O–H groups in total. The van der Waals surface area contributed by atoms with E-state index in [-0.39, 0.29) is 0 Å². The number of nitrogens with zero attached hydrogens (tertiary/aromatic N) is 1. The Balaban J connectivity index is 2.48. The number of ether oxygens (including phenoxy) is 4. The van der Waals surface area contributed by atoms with Crippen molar-refractivity contribution >= 4 is 5.96 Å². The number of unbranched alkanes of at least 4 members (excludes halogenated alkanes) is 1. The molecule has 1 aromatic carbocycles. The topological polar surface area (TPSA) is 73.3 Å². The molecule has 148 valence electrons. The molecule has 0 saturated carbocycles. The van der Waals surface area contributed by atoms with Crippen LogP contribution in [0.2, 0.25) is 0 Å². The Hall–Kier alpha value is -2.15. The van der Waals surface area contributed by atoms with Crippen LogP contribution >= 0.6 is 0 Å². The van der Waals surface area contributed by atoms with Gasteiger partial charge in [0.05, 0.1) is 21.3 Å². The lowest BCUT2D eigenvalue weighted by Crippen LogP contribution is -2.37. The molecule has 0 heterocycles. The van der Waals surface area contributed by atoms with Crippen LogP contribution < -0.4 is 24.8 Å². The zero-order valence-corrected chi connectivity index (χ0v) is 16.7. The van der Waals surface area contributed by atoms with Gasteiger partial charge in [0, 0.05) is 33.4 Å². The van der Waals surface area contributed by atoms with Crippen molar-refractivity contribution < 1.29 is 18.9 Å². The summed E-state index contributed by atoms with van der Waals surface area (Å²) in [5, 5.41) is 6.57. The molecule has 7 heteroatoms. The molecule has 1 rings (SSSR count). The van der Waals surface area contributed by atoms with Gasteiger partial charge in [-0.05, 0) is 30.5 Å². The largest absolute Gasteiger partial charge is 0.493 e. The number of hydrogen-bond donors (Lipinski definition) is 2. The second-order valence-corrected chi connectivity index (χ2v) is 5.71. The minimum absolute atomic E-state index is 0.587. The number of rotatable bonds is 12. The van der Waals surface area contributed by atoms with Crippen molar-refractivity contribution in [3.8, 4) is 17.2 Å². The number of nitrogens with one attached hydrogen (secondary N) is 2. The Labute approximate surface area is 157 Å². The summed E-state index contributed by atoms with van der Waals surface area (Å²) in [7, 11) is 6.56. The number of guanidine groups is 1. The maximum absolute atomic E-state index is 5.55. The standard InChI is InChI=1S/C19H33N3O4/c1-6-7-10-26-11-8-9-21-19(20-2)22-14-15-12-16(23-3)18(25-5)17(13-15)24-4/h12-13H,6-11,14H2,1-5H3,(H2,20,21,22). The fourth-order valence-corrected chi connectivity index (χ4v) is 2.37. The van der Waals surface area contributed by atoms with Crippen LogP contribution in [-0.2, 0) is 11.3 Å². The Morgan fingerprint density at radius 3 is 2.15 bits per heavy atom. The lowest BCUT2D eigenvalue weighted by atomic mass is 10.2. The monoisotopic (exact) mass is 367 g/mol. The molecular weight excluding hydrogens is 334 g/mol. The van der Waals surface area contributed by atoms with E-state index >= 15 is 0 Å². The van der Waals surface area contributed by atoms with E-state index in [0.717, 1.165) is 50.5 Å². The van der Waals surface area contributed by atoms with E-state index in [4.69, 9.17) is 18.9 Å². The molecule has 0 amide bonds. The number of hydrogen-bond acceptors (Lipinski definition) is 5. The molecule has 1 aromatic rings. The van der Waals surface area contributed by atoms with Crippen LogP contribution in [0.1, 0.15) is 31.7 Å². The van der Waals surface area contributed by atoms with Gasteiger partial charge in [0.25, 0.3) is 0 Å². The molecule has 26 heavy (non-hydrogen) atoms. The summed E-state index contributed by atoms with van der Waals surface area (Å²) in [6.07, 6.45) is 3.22. The number of aliphatic imine (C=N–C) groups is 1. The minimum Gasteiger partial charge on any atom is -0.493 e. The van der Waals surface area contributed by atoms with Gasteiger partial charge in [0.2, 0.25) is 5.75 Å². The van der Waals surface area contributed by atoms with Gasteiger partial charge in [-0.2, -0.15) is 0 Å². The van der Waals surface area contributed by atoms with Gasteiger partial charge < -0.3 is 29.6 Å². The third-order valence-electron chi connectivity index (χ3n) is 3.81. The molecule has 0 fully saturated rings. The molecule has 0 aliphatic heterocycles. The van der Waals surface area contributed by atoms with Gasteiger partial charge in [-0.1, -0.05) is 13.3 Å². The molecule has 0 aromatic heterocycles. The first-order chi connectivity index (χ1) is 12.7. The predicted octanol–water partition coefficient (Wildman–Crippen LogP) is 2.58.